The van der Waals surface area contributed by atoms with E-state index in [0.717, 1.165) is 18.4 Å². The summed E-state index contributed by atoms with van der Waals surface area (Å²) in [5.41, 5.74) is 5.24. The molecule has 2 rings (SSSR count). The second-order valence-corrected chi connectivity index (χ2v) is 6.53. The molecule has 0 aromatic heterocycles. The Morgan fingerprint density at radius 1 is 1.26 bits per heavy atom. The molecule has 4 heteroatoms. The highest BCUT2D eigenvalue weighted by atomic mass is 16.5. The monoisotopic (exact) mass is 268 g/mol. The molecule has 2 N–H and O–H groups in total. The Hall–Kier alpha value is -0.610. The highest BCUT2D eigenvalue weighted by Gasteiger charge is 2.33. The topological polar surface area (TPSA) is 55.6 Å². The quantitative estimate of drug-likeness (QED) is 0.648. The minimum absolute atomic E-state index is 0.271. The van der Waals surface area contributed by atoms with Crippen LogP contribution in [0.3, 0.4) is 0 Å². The number of ether oxygens (including phenoxy) is 1. The Balaban J connectivity index is 1.76. The van der Waals surface area contributed by atoms with Crippen molar-refractivity contribution in [2.45, 2.75) is 51.5 Å². The summed E-state index contributed by atoms with van der Waals surface area (Å²) >= 11 is 0. The van der Waals surface area contributed by atoms with Crippen LogP contribution in [0.1, 0.15) is 46.0 Å². The summed E-state index contributed by atoms with van der Waals surface area (Å²) in [7, 11) is 0. The molecule has 0 heterocycles. The van der Waals surface area contributed by atoms with Gasteiger partial charge in [-0.2, -0.15) is 0 Å². The van der Waals surface area contributed by atoms with E-state index in [9.17, 15) is 4.79 Å². The van der Waals surface area contributed by atoms with Gasteiger partial charge in [-0.25, -0.2) is 0 Å². The molecule has 0 radical (unpaired) electrons. The maximum absolute atomic E-state index is 11.8. The molecule has 0 aromatic rings. The Morgan fingerprint density at radius 2 is 1.79 bits per heavy atom. The van der Waals surface area contributed by atoms with Crippen LogP contribution >= 0.6 is 0 Å². The molecule has 0 aliphatic heterocycles. The van der Waals surface area contributed by atoms with E-state index < -0.39 is 5.54 Å². The second-order valence-electron chi connectivity index (χ2n) is 6.53. The number of nitrogens with two attached hydrogens (primary N) is 1. The van der Waals surface area contributed by atoms with Crippen molar-refractivity contribution in [2.24, 2.45) is 17.6 Å². The second kappa shape index (κ2) is 6.23. The number of hydrogen-bond donors (Lipinski definition) is 1. The number of carbonyl (C=O) groups is 1. The molecule has 2 aliphatic carbocycles. The van der Waals surface area contributed by atoms with Crippen LogP contribution in [-0.2, 0) is 9.53 Å². The van der Waals surface area contributed by atoms with Gasteiger partial charge in [0, 0.05) is 19.6 Å². The average Bonchev–Trinajstić information content (AvgIpc) is 3.21. The van der Waals surface area contributed by atoms with Crippen molar-refractivity contribution < 1.29 is 9.53 Å². The van der Waals surface area contributed by atoms with Gasteiger partial charge >= 0.3 is 5.97 Å². The number of carbonyl (C=O) groups excluding carboxylic acids is 1. The van der Waals surface area contributed by atoms with Crippen molar-refractivity contribution in [3.8, 4) is 0 Å². The third-order valence-electron chi connectivity index (χ3n) is 4.12. The minimum atomic E-state index is -0.846. The van der Waals surface area contributed by atoms with E-state index in [1.807, 2.05) is 6.92 Å². The Morgan fingerprint density at radius 3 is 2.21 bits per heavy atom. The lowest BCUT2D eigenvalue weighted by atomic mass is 9.99. The van der Waals surface area contributed by atoms with Gasteiger partial charge in [0.1, 0.15) is 5.54 Å². The zero-order valence-corrected chi connectivity index (χ0v) is 12.4. The number of esters is 1. The summed E-state index contributed by atoms with van der Waals surface area (Å²) in [5, 5.41) is 0. The van der Waals surface area contributed by atoms with Gasteiger partial charge in [-0.1, -0.05) is 0 Å². The molecule has 2 aliphatic rings. The van der Waals surface area contributed by atoms with Gasteiger partial charge in [0.25, 0.3) is 0 Å². The van der Waals surface area contributed by atoms with E-state index in [0.29, 0.717) is 13.0 Å². The first-order valence-electron chi connectivity index (χ1n) is 7.69. The highest BCUT2D eigenvalue weighted by molar-refractivity contribution is 5.79. The Labute approximate surface area is 116 Å². The van der Waals surface area contributed by atoms with Gasteiger partial charge in [0.2, 0.25) is 0 Å². The first-order valence-corrected chi connectivity index (χ1v) is 7.69. The van der Waals surface area contributed by atoms with Crippen molar-refractivity contribution in [1.29, 1.82) is 0 Å². The molecule has 4 nitrogen and oxygen atoms in total. The van der Waals surface area contributed by atoms with E-state index in [4.69, 9.17) is 10.5 Å². The first kappa shape index (κ1) is 14.8. The lowest BCUT2D eigenvalue weighted by molar-refractivity contribution is -0.149. The van der Waals surface area contributed by atoms with Crippen LogP contribution in [0.15, 0.2) is 0 Å². The van der Waals surface area contributed by atoms with E-state index in [1.54, 1.807) is 6.92 Å². The van der Waals surface area contributed by atoms with E-state index in [1.165, 1.54) is 38.8 Å². The first-order chi connectivity index (χ1) is 9.01. The van der Waals surface area contributed by atoms with Gasteiger partial charge in [0.05, 0.1) is 6.61 Å². The molecule has 2 fully saturated rings. The van der Waals surface area contributed by atoms with Gasteiger partial charge in [0.15, 0.2) is 0 Å². The molecule has 0 saturated heterocycles. The third kappa shape index (κ3) is 5.11. The van der Waals surface area contributed by atoms with Crippen LogP contribution < -0.4 is 5.73 Å². The molecule has 19 heavy (non-hydrogen) atoms. The predicted octanol–water partition coefficient (Wildman–Crippen LogP) is 1.78. The predicted molar refractivity (Wildman–Crippen MR) is 75.7 cm³/mol. The van der Waals surface area contributed by atoms with Crippen molar-refractivity contribution in [3.05, 3.63) is 0 Å². The fraction of sp³-hybridized carbons (Fsp3) is 0.933. The Bertz CT molecular complexity index is 295. The maximum Gasteiger partial charge on any atom is 0.325 e. The minimum Gasteiger partial charge on any atom is -0.465 e. The zero-order valence-electron chi connectivity index (χ0n) is 12.4. The number of hydrogen-bond acceptors (Lipinski definition) is 4. The van der Waals surface area contributed by atoms with Crippen molar-refractivity contribution >= 4 is 5.97 Å². The molecule has 0 bridgehead atoms. The smallest absolute Gasteiger partial charge is 0.325 e. The molecule has 0 amide bonds. The SMILES string of the molecule is CCOC(=O)C(C)(N)CCN(CC1CC1)CC1CC1. The van der Waals surface area contributed by atoms with Crippen LogP contribution in [0.4, 0.5) is 0 Å². The summed E-state index contributed by atoms with van der Waals surface area (Å²) in [6, 6.07) is 0. The molecule has 1 atom stereocenters. The van der Waals surface area contributed by atoms with Crippen molar-refractivity contribution in [3.63, 3.8) is 0 Å². The van der Waals surface area contributed by atoms with Gasteiger partial charge in [-0.15, -0.1) is 0 Å². The van der Waals surface area contributed by atoms with E-state index in [-0.39, 0.29) is 5.97 Å². The van der Waals surface area contributed by atoms with E-state index >= 15 is 0 Å². The molecule has 0 spiro atoms. The normalized spacial score (nSPS) is 22.3. The average molecular weight is 268 g/mol. The lowest BCUT2D eigenvalue weighted by Gasteiger charge is -2.28. The lowest BCUT2D eigenvalue weighted by Crippen LogP contribution is -2.48. The van der Waals surface area contributed by atoms with Gasteiger partial charge in [-0.05, 0) is 57.8 Å². The van der Waals surface area contributed by atoms with Crippen LogP contribution in [0.25, 0.3) is 0 Å². The van der Waals surface area contributed by atoms with E-state index in [2.05, 4.69) is 4.90 Å². The molecule has 0 aromatic carbocycles. The van der Waals surface area contributed by atoms with Crippen molar-refractivity contribution in [1.82, 2.24) is 4.90 Å². The zero-order chi connectivity index (χ0) is 13.9. The molecular weight excluding hydrogens is 240 g/mol. The van der Waals surface area contributed by atoms with Crippen molar-refractivity contribution in [2.75, 3.05) is 26.2 Å². The van der Waals surface area contributed by atoms with Crippen LogP contribution in [0.2, 0.25) is 0 Å². The summed E-state index contributed by atoms with van der Waals surface area (Å²) in [6.07, 6.45) is 6.18. The molecular formula is C15H28N2O2. The summed E-state index contributed by atoms with van der Waals surface area (Å²) in [6.45, 7) is 7.31. The highest BCUT2D eigenvalue weighted by Crippen LogP contribution is 2.33. The Kier molecular flexibility index (Phi) is 4.85. The van der Waals surface area contributed by atoms with Crippen LogP contribution in [-0.4, -0.2) is 42.6 Å². The standard InChI is InChI=1S/C15H28N2O2/c1-3-19-14(18)15(2,16)8-9-17(10-12-4-5-12)11-13-6-7-13/h12-13H,3-11,16H2,1-2H3. The number of nitrogens with zero attached hydrogens (tertiary/aromatic N) is 1. The van der Waals surface area contributed by atoms with Crippen LogP contribution in [0, 0.1) is 11.8 Å². The fourth-order valence-corrected chi connectivity index (χ4v) is 2.38. The summed E-state index contributed by atoms with van der Waals surface area (Å²) < 4.78 is 5.04. The van der Waals surface area contributed by atoms with Crippen LogP contribution in [0.5, 0.6) is 0 Å². The maximum atomic E-state index is 11.8. The molecule has 110 valence electrons. The summed E-state index contributed by atoms with van der Waals surface area (Å²) in [4.78, 5) is 14.3. The van der Waals surface area contributed by atoms with Gasteiger partial charge < -0.3 is 15.4 Å². The number of rotatable bonds is 9. The largest absolute Gasteiger partial charge is 0.465 e. The molecule has 2 saturated carbocycles. The molecule has 1 unspecified atom stereocenters. The summed E-state index contributed by atoms with van der Waals surface area (Å²) in [5.74, 6) is 1.52. The third-order valence-corrected chi connectivity index (χ3v) is 4.12. The van der Waals surface area contributed by atoms with Gasteiger partial charge in [-0.3, -0.25) is 4.79 Å². The fourth-order valence-electron chi connectivity index (χ4n) is 2.38.